The van der Waals surface area contributed by atoms with Gasteiger partial charge in [0.15, 0.2) is 0 Å². The molecule has 1 aliphatic rings. The summed E-state index contributed by atoms with van der Waals surface area (Å²) in [5.74, 6) is 0. The Morgan fingerprint density at radius 3 is 2.24 bits per heavy atom. The molecule has 1 fully saturated rings. The van der Waals surface area contributed by atoms with E-state index in [0.717, 1.165) is 23.1 Å². The number of benzene rings is 3. The zero-order valence-corrected chi connectivity index (χ0v) is 20.0. The zero-order valence-electron chi connectivity index (χ0n) is 19.2. The highest BCUT2D eigenvalue weighted by atomic mass is 32.2. The predicted octanol–water partition coefficient (Wildman–Crippen LogP) is 5.50. The van der Waals surface area contributed by atoms with Crippen molar-refractivity contribution in [3.63, 3.8) is 0 Å². The number of carbonyl (C=O) groups excluding carboxylic acids is 1. The van der Waals surface area contributed by atoms with Gasteiger partial charge in [-0.15, -0.1) is 0 Å². The minimum absolute atomic E-state index is 0.0837. The van der Waals surface area contributed by atoms with Crippen LogP contribution in [0.15, 0.2) is 77.7 Å². The largest absolute Gasteiger partial charge is 0.325 e. The lowest BCUT2D eigenvalue weighted by atomic mass is 10.1. The van der Waals surface area contributed by atoms with E-state index in [1.807, 2.05) is 68.1 Å². The van der Waals surface area contributed by atoms with Crippen molar-refractivity contribution in [3.8, 4) is 0 Å². The third kappa shape index (κ3) is 4.88. The zero-order chi connectivity index (χ0) is 23.6. The van der Waals surface area contributed by atoms with E-state index in [1.54, 1.807) is 35.2 Å². The summed E-state index contributed by atoms with van der Waals surface area (Å²) in [6.07, 6.45) is 0.793. The molecular weight excluding hydrogens is 434 g/mol. The second kappa shape index (κ2) is 9.27. The predicted molar refractivity (Wildman–Crippen MR) is 132 cm³/mol. The topological polar surface area (TPSA) is 69.7 Å². The number of hydrogen-bond donors (Lipinski definition) is 1. The first kappa shape index (κ1) is 22.9. The Morgan fingerprint density at radius 1 is 0.879 bits per heavy atom. The van der Waals surface area contributed by atoms with Crippen LogP contribution in [0.5, 0.6) is 0 Å². The van der Waals surface area contributed by atoms with Crippen LogP contribution in [0, 0.1) is 13.8 Å². The van der Waals surface area contributed by atoms with Crippen molar-refractivity contribution in [2.24, 2.45) is 0 Å². The molecule has 3 aromatic rings. The van der Waals surface area contributed by atoms with Gasteiger partial charge in [-0.25, -0.2) is 13.2 Å². The number of nitrogens with one attached hydrogen (secondary N) is 1. The van der Waals surface area contributed by atoms with Gasteiger partial charge in [-0.05, 0) is 62.6 Å². The standard InChI is InChI=1S/C26H29N3O3S/c1-19-10-13-23(14-11-19)33(31,32)27-24-18-20(2)12-15-25(24)29-17-7-16-28(26(29)30)21(3)22-8-5-4-6-9-22/h4-6,8-15,18,21,27H,7,16-17H2,1-3H3. The Bertz CT molecular complexity index is 1240. The molecule has 1 saturated heterocycles. The van der Waals surface area contributed by atoms with Crippen molar-refractivity contribution in [1.29, 1.82) is 0 Å². The molecule has 0 aliphatic carbocycles. The molecule has 1 atom stereocenters. The molecule has 0 saturated carbocycles. The highest BCUT2D eigenvalue weighted by Crippen LogP contribution is 2.34. The minimum Gasteiger partial charge on any atom is -0.318 e. The minimum atomic E-state index is -3.80. The summed E-state index contributed by atoms with van der Waals surface area (Å²) in [5, 5.41) is 0. The molecule has 4 rings (SSSR count). The molecule has 3 aromatic carbocycles. The molecule has 0 aromatic heterocycles. The van der Waals surface area contributed by atoms with E-state index < -0.39 is 10.0 Å². The number of urea groups is 1. The molecule has 0 bridgehead atoms. The maximum absolute atomic E-state index is 13.5. The van der Waals surface area contributed by atoms with Gasteiger partial charge in [0.2, 0.25) is 0 Å². The van der Waals surface area contributed by atoms with E-state index in [1.165, 1.54) is 0 Å². The fraction of sp³-hybridized carbons (Fsp3) is 0.269. The number of aryl methyl sites for hydroxylation is 2. The van der Waals surface area contributed by atoms with Gasteiger partial charge in [0.1, 0.15) is 0 Å². The van der Waals surface area contributed by atoms with Gasteiger partial charge in [0.05, 0.1) is 22.3 Å². The Hall–Kier alpha value is -3.32. The van der Waals surface area contributed by atoms with E-state index in [2.05, 4.69) is 4.72 Å². The fourth-order valence-corrected chi connectivity index (χ4v) is 5.19. The Labute approximate surface area is 195 Å². The van der Waals surface area contributed by atoms with Crippen molar-refractivity contribution in [2.45, 2.75) is 38.1 Å². The normalized spacial score (nSPS) is 15.4. The van der Waals surface area contributed by atoms with Crippen LogP contribution in [0.25, 0.3) is 0 Å². The molecule has 0 radical (unpaired) electrons. The van der Waals surface area contributed by atoms with Gasteiger partial charge in [-0.2, -0.15) is 0 Å². The van der Waals surface area contributed by atoms with Crippen LogP contribution in [-0.2, 0) is 10.0 Å². The van der Waals surface area contributed by atoms with E-state index in [0.29, 0.717) is 24.5 Å². The second-order valence-electron chi connectivity index (χ2n) is 8.51. The lowest BCUT2D eigenvalue weighted by Crippen LogP contribution is -2.50. The smallest absolute Gasteiger partial charge is 0.318 e. The van der Waals surface area contributed by atoms with Crippen LogP contribution in [0.2, 0.25) is 0 Å². The first-order chi connectivity index (χ1) is 15.8. The Morgan fingerprint density at radius 2 is 1.55 bits per heavy atom. The lowest BCUT2D eigenvalue weighted by Gasteiger charge is -2.39. The van der Waals surface area contributed by atoms with Crippen molar-refractivity contribution in [3.05, 3.63) is 89.5 Å². The van der Waals surface area contributed by atoms with Crippen LogP contribution < -0.4 is 9.62 Å². The summed E-state index contributed by atoms with van der Waals surface area (Å²) in [6, 6.07) is 21.9. The van der Waals surface area contributed by atoms with E-state index >= 15 is 0 Å². The number of carbonyl (C=O) groups is 1. The highest BCUT2D eigenvalue weighted by Gasteiger charge is 2.32. The second-order valence-corrected chi connectivity index (χ2v) is 10.2. The average Bonchev–Trinajstić information content (AvgIpc) is 2.80. The first-order valence-corrected chi connectivity index (χ1v) is 12.6. The number of nitrogens with zero attached hydrogens (tertiary/aromatic N) is 2. The quantitative estimate of drug-likeness (QED) is 0.525. The average molecular weight is 464 g/mol. The first-order valence-electron chi connectivity index (χ1n) is 11.1. The Kier molecular flexibility index (Phi) is 6.42. The van der Waals surface area contributed by atoms with Crippen molar-refractivity contribution < 1.29 is 13.2 Å². The summed E-state index contributed by atoms with van der Waals surface area (Å²) >= 11 is 0. The summed E-state index contributed by atoms with van der Waals surface area (Å²) in [6.45, 7) is 7.01. The van der Waals surface area contributed by atoms with Crippen LogP contribution in [0.4, 0.5) is 16.2 Å². The number of hydrogen-bond acceptors (Lipinski definition) is 3. The number of rotatable bonds is 6. The molecule has 0 spiro atoms. The fourth-order valence-electron chi connectivity index (χ4n) is 4.13. The van der Waals surface area contributed by atoms with Crippen LogP contribution in [0.3, 0.4) is 0 Å². The molecular formula is C26H29N3O3S. The van der Waals surface area contributed by atoms with Gasteiger partial charge in [0, 0.05) is 13.1 Å². The summed E-state index contributed by atoms with van der Waals surface area (Å²) in [4.78, 5) is 17.2. The number of sulfonamides is 1. The molecule has 6 nitrogen and oxygen atoms in total. The molecule has 1 unspecified atom stereocenters. The maximum atomic E-state index is 13.5. The van der Waals surface area contributed by atoms with Crippen molar-refractivity contribution >= 4 is 27.4 Å². The van der Waals surface area contributed by atoms with Gasteiger partial charge in [-0.3, -0.25) is 9.62 Å². The van der Waals surface area contributed by atoms with E-state index in [9.17, 15) is 13.2 Å². The molecule has 1 heterocycles. The third-order valence-corrected chi connectivity index (χ3v) is 7.41. The summed E-state index contributed by atoms with van der Waals surface area (Å²) in [7, 11) is -3.80. The molecule has 1 N–H and O–H groups in total. The van der Waals surface area contributed by atoms with Gasteiger partial charge in [-0.1, -0.05) is 54.1 Å². The van der Waals surface area contributed by atoms with Gasteiger partial charge in [0.25, 0.3) is 10.0 Å². The SMILES string of the molecule is Cc1ccc(S(=O)(=O)Nc2cc(C)ccc2N2CCCN(C(C)c3ccccc3)C2=O)cc1. The number of anilines is 2. The highest BCUT2D eigenvalue weighted by molar-refractivity contribution is 7.92. The van der Waals surface area contributed by atoms with E-state index in [4.69, 9.17) is 0 Å². The van der Waals surface area contributed by atoms with Crippen LogP contribution in [-0.4, -0.2) is 32.4 Å². The lowest BCUT2D eigenvalue weighted by molar-refractivity contribution is 0.175. The monoisotopic (exact) mass is 463 g/mol. The molecule has 172 valence electrons. The third-order valence-electron chi connectivity index (χ3n) is 6.03. The van der Waals surface area contributed by atoms with Crippen LogP contribution >= 0.6 is 0 Å². The molecule has 7 heteroatoms. The van der Waals surface area contributed by atoms with Crippen molar-refractivity contribution in [2.75, 3.05) is 22.7 Å². The van der Waals surface area contributed by atoms with Crippen molar-refractivity contribution in [1.82, 2.24) is 4.90 Å². The summed E-state index contributed by atoms with van der Waals surface area (Å²) < 4.78 is 28.9. The Balaban J connectivity index is 1.65. The number of amides is 2. The van der Waals surface area contributed by atoms with Gasteiger partial charge >= 0.3 is 6.03 Å². The molecule has 2 amide bonds. The van der Waals surface area contributed by atoms with Crippen LogP contribution in [0.1, 0.15) is 36.1 Å². The van der Waals surface area contributed by atoms with Gasteiger partial charge < -0.3 is 4.90 Å². The molecule has 33 heavy (non-hydrogen) atoms. The summed E-state index contributed by atoms with van der Waals surface area (Å²) in [5.41, 5.74) is 3.91. The molecule has 1 aliphatic heterocycles. The van der Waals surface area contributed by atoms with E-state index in [-0.39, 0.29) is 17.0 Å². The maximum Gasteiger partial charge on any atom is 0.325 e.